The first-order chi connectivity index (χ1) is 38.0. The van der Waals surface area contributed by atoms with Crippen molar-refractivity contribution in [1.82, 2.24) is 0 Å². The Kier molecular flexibility index (Phi) is 61.8. The first-order valence-electron chi connectivity index (χ1n) is 32.7. The molecule has 0 rings (SSSR count). The van der Waals surface area contributed by atoms with Crippen LogP contribution in [0.4, 0.5) is 0 Å². The van der Waals surface area contributed by atoms with Crippen molar-refractivity contribution < 1.29 is 28.6 Å². The highest BCUT2D eigenvalue weighted by molar-refractivity contribution is 5.71. The van der Waals surface area contributed by atoms with Gasteiger partial charge >= 0.3 is 17.9 Å². The lowest BCUT2D eigenvalue weighted by atomic mass is 10.0. The van der Waals surface area contributed by atoms with Crippen LogP contribution in [0.5, 0.6) is 0 Å². The van der Waals surface area contributed by atoms with E-state index in [1.807, 2.05) is 0 Å². The predicted octanol–water partition coefficient (Wildman–Crippen LogP) is 22.4. The summed E-state index contributed by atoms with van der Waals surface area (Å²) in [4.78, 5) is 38.0. The van der Waals surface area contributed by atoms with Crippen LogP contribution in [-0.4, -0.2) is 37.2 Å². The van der Waals surface area contributed by atoms with Gasteiger partial charge in [-0.25, -0.2) is 0 Å². The van der Waals surface area contributed by atoms with Gasteiger partial charge in [-0.2, -0.15) is 0 Å². The van der Waals surface area contributed by atoms with Gasteiger partial charge in [-0.05, 0) is 103 Å². The molecular weight excluding hydrogens is 949 g/mol. The molecule has 1 unspecified atom stereocenters. The molecule has 0 saturated carbocycles. The molecule has 0 aromatic carbocycles. The third-order valence-corrected chi connectivity index (χ3v) is 14.1. The summed E-state index contributed by atoms with van der Waals surface area (Å²) in [7, 11) is 0. The van der Waals surface area contributed by atoms with E-state index in [1.54, 1.807) is 0 Å². The number of esters is 3. The fourth-order valence-electron chi connectivity index (χ4n) is 9.18. The van der Waals surface area contributed by atoms with Crippen LogP contribution in [0.3, 0.4) is 0 Å². The summed E-state index contributed by atoms with van der Waals surface area (Å²) in [5, 5.41) is 0. The summed E-state index contributed by atoms with van der Waals surface area (Å²) in [6, 6.07) is 0. The summed E-state index contributed by atoms with van der Waals surface area (Å²) in [6.07, 6.45) is 87.4. The molecule has 442 valence electrons. The number of carbonyl (C=O) groups is 3. The Morgan fingerprint density at radius 1 is 0.273 bits per heavy atom. The lowest BCUT2D eigenvalue weighted by Gasteiger charge is -2.18. The monoisotopic (exact) mass is 1070 g/mol. The number of hydrogen-bond donors (Lipinski definition) is 0. The molecule has 0 spiro atoms. The maximum atomic E-state index is 12.8. The normalized spacial score (nSPS) is 12.7. The maximum absolute atomic E-state index is 12.8. The van der Waals surface area contributed by atoms with E-state index in [0.29, 0.717) is 19.3 Å². The number of carbonyl (C=O) groups excluding carboxylic acids is 3. The number of hydrogen-bond acceptors (Lipinski definition) is 6. The molecule has 0 aromatic heterocycles. The van der Waals surface area contributed by atoms with Crippen molar-refractivity contribution in [3.05, 3.63) is 97.2 Å². The highest BCUT2D eigenvalue weighted by Gasteiger charge is 2.19. The van der Waals surface area contributed by atoms with Crippen LogP contribution in [0.15, 0.2) is 97.2 Å². The average molecular weight is 1070 g/mol. The summed E-state index contributed by atoms with van der Waals surface area (Å²) >= 11 is 0. The predicted molar refractivity (Wildman–Crippen MR) is 334 cm³/mol. The van der Waals surface area contributed by atoms with Crippen LogP contribution >= 0.6 is 0 Å². The zero-order valence-electron chi connectivity index (χ0n) is 50.7. The summed E-state index contributed by atoms with van der Waals surface area (Å²) < 4.78 is 16.8. The minimum atomic E-state index is -0.775. The minimum absolute atomic E-state index is 0.0763. The molecule has 0 aliphatic heterocycles. The van der Waals surface area contributed by atoms with Crippen LogP contribution in [0.1, 0.15) is 316 Å². The van der Waals surface area contributed by atoms with Crippen molar-refractivity contribution in [2.24, 2.45) is 0 Å². The first-order valence-corrected chi connectivity index (χ1v) is 32.7. The van der Waals surface area contributed by atoms with Crippen LogP contribution in [-0.2, 0) is 28.6 Å². The van der Waals surface area contributed by atoms with Gasteiger partial charge < -0.3 is 14.2 Å². The van der Waals surface area contributed by atoms with Gasteiger partial charge in [0.05, 0.1) is 0 Å². The van der Waals surface area contributed by atoms with E-state index in [1.165, 1.54) is 173 Å². The van der Waals surface area contributed by atoms with Crippen molar-refractivity contribution in [1.29, 1.82) is 0 Å². The fraction of sp³-hybridized carbons (Fsp3) is 0.732. The van der Waals surface area contributed by atoms with Crippen LogP contribution in [0.25, 0.3) is 0 Å². The molecule has 0 aliphatic rings. The largest absolute Gasteiger partial charge is 0.462 e. The third-order valence-electron chi connectivity index (χ3n) is 14.1. The number of allylic oxidation sites excluding steroid dienone is 16. The van der Waals surface area contributed by atoms with Crippen molar-refractivity contribution in [2.45, 2.75) is 322 Å². The minimum Gasteiger partial charge on any atom is -0.462 e. The first kappa shape index (κ1) is 73.3. The zero-order valence-corrected chi connectivity index (χ0v) is 50.7. The second-order valence-corrected chi connectivity index (χ2v) is 21.6. The second kappa shape index (κ2) is 64.9. The molecule has 0 fully saturated rings. The Hall–Kier alpha value is -3.67. The molecule has 0 radical (unpaired) electrons. The summed E-state index contributed by atoms with van der Waals surface area (Å²) in [6.45, 7) is 6.48. The molecule has 6 nitrogen and oxygen atoms in total. The van der Waals surface area contributed by atoms with Gasteiger partial charge in [-0.3, -0.25) is 14.4 Å². The van der Waals surface area contributed by atoms with Crippen molar-refractivity contribution in [3.63, 3.8) is 0 Å². The molecule has 0 bridgehead atoms. The van der Waals surface area contributed by atoms with E-state index in [-0.39, 0.29) is 31.1 Å². The van der Waals surface area contributed by atoms with Crippen molar-refractivity contribution in [2.75, 3.05) is 13.2 Å². The highest BCUT2D eigenvalue weighted by atomic mass is 16.6. The van der Waals surface area contributed by atoms with E-state index >= 15 is 0 Å². The lowest BCUT2D eigenvalue weighted by Crippen LogP contribution is -2.30. The van der Waals surface area contributed by atoms with Gasteiger partial charge in [0.1, 0.15) is 13.2 Å². The van der Waals surface area contributed by atoms with Crippen LogP contribution in [0.2, 0.25) is 0 Å². The molecule has 0 aromatic rings. The summed E-state index contributed by atoms with van der Waals surface area (Å²) in [5.41, 5.74) is 0. The van der Waals surface area contributed by atoms with Gasteiger partial charge in [0.25, 0.3) is 0 Å². The number of unbranched alkanes of at least 4 members (excludes halogenated alkanes) is 32. The van der Waals surface area contributed by atoms with Crippen LogP contribution < -0.4 is 0 Å². The maximum Gasteiger partial charge on any atom is 0.306 e. The molecule has 0 amide bonds. The van der Waals surface area contributed by atoms with Gasteiger partial charge in [0, 0.05) is 19.3 Å². The molecule has 0 aliphatic carbocycles. The topological polar surface area (TPSA) is 78.9 Å². The van der Waals surface area contributed by atoms with Crippen molar-refractivity contribution in [3.8, 4) is 0 Å². The molecule has 77 heavy (non-hydrogen) atoms. The molecule has 6 heteroatoms. The quantitative estimate of drug-likeness (QED) is 0.0261. The Bertz CT molecular complexity index is 1510. The van der Waals surface area contributed by atoms with Crippen LogP contribution in [0, 0.1) is 0 Å². The standard InChI is InChI=1S/C71H122O6/c1-4-7-10-13-16-18-20-22-24-26-28-29-30-31-32-33-34-35-36-37-38-39-40-41-42-43-44-46-47-49-51-53-55-58-61-64-70(73)76-67-68(66-75-69(72)63-60-57-15-12-9-6-3)77-71(74)65-62-59-56-54-52-50-48-45-27-25-23-21-19-17-14-11-8-5-2/h7,10,16,18,22,24-25,27-29,31-32,34-35,37-38,68H,4-6,8-9,11-15,17,19-21,23,26,30,33,36,39-67H2,1-3H3/b10-7-,18-16-,24-22-,27-25-,29-28-,32-31-,35-34-,38-37-. The van der Waals surface area contributed by atoms with Gasteiger partial charge in [0.15, 0.2) is 6.10 Å². The van der Waals surface area contributed by atoms with E-state index in [9.17, 15) is 14.4 Å². The zero-order chi connectivity index (χ0) is 55.7. The van der Waals surface area contributed by atoms with Gasteiger partial charge in [0.2, 0.25) is 0 Å². The SMILES string of the molecule is CC/C=C\C/C=C\C/C=C\C/C=C\C/C=C\C/C=C\C/C=C\CCCCCCCCCCCCCCCC(=O)OCC(COC(=O)CCCCCCCC)OC(=O)CCCCCCCCC/C=C\CCCCCCCCC. The molecule has 0 N–H and O–H groups in total. The highest BCUT2D eigenvalue weighted by Crippen LogP contribution is 2.16. The second-order valence-electron chi connectivity index (χ2n) is 21.6. The number of ether oxygens (including phenoxy) is 3. The van der Waals surface area contributed by atoms with Gasteiger partial charge in [-0.1, -0.05) is 291 Å². The Morgan fingerprint density at radius 2 is 0.506 bits per heavy atom. The van der Waals surface area contributed by atoms with E-state index < -0.39 is 6.10 Å². The van der Waals surface area contributed by atoms with E-state index in [0.717, 1.165) is 103 Å². The smallest absolute Gasteiger partial charge is 0.306 e. The Balaban J connectivity index is 4.02. The van der Waals surface area contributed by atoms with Crippen molar-refractivity contribution >= 4 is 17.9 Å². The third kappa shape index (κ3) is 63.0. The van der Waals surface area contributed by atoms with E-state index in [2.05, 4.69) is 118 Å². The molecular formula is C71H122O6. The molecule has 1 atom stereocenters. The average Bonchev–Trinajstić information content (AvgIpc) is 3.43. The van der Waals surface area contributed by atoms with Gasteiger partial charge in [-0.15, -0.1) is 0 Å². The molecule has 0 saturated heterocycles. The van der Waals surface area contributed by atoms with E-state index in [4.69, 9.17) is 14.2 Å². The Morgan fingerprint density at radius 3 is 0.805 bits per heavy atom. The fourth-order valence-corrected chi connectivity index (χ4v) is 9.18. The summed E-state index contributed by atoms with van der Waals surface area (Å²) in [5.74, 6) is -0.882. The molecule has 0 heterocycles. The lowest BCUT2D eigenvalue weighted by molar-refractivity contribution is -0.167. The Labute approximate surface area is 477 Å². The number of rotatable bonds is 59.